The summed E-state index contributed by atoms with van der Waals surface area (Å²) in [5.41, 5.74) is -0.0799. The van der Waals surface area contributed by atoms with E-state index in [4.69, 9.17) is 5.11 Å². The molecule has 0 spiro atoms. The van der Waals surface area contributed by atoms with E-state index in [0.717, 1.165) is 6.07 Å². The minimum Gasteiger partial charge on any atom is -0.481 e. The molecule has 2 rings (SSSR count). The number of alkyl halides is 3. The number of rotatable bonds is 2. The largest absolute Gasteiger partial charge is 0.481 e. The second-order valence-corrected chi connectivity index (χ2v) is 4.37. The summed E-state index contributed by atoms with van der Waals surface area (Å²) in [5, 5.41) is 11.7. The Kier molecular flexibility index (Phi) is 3.26. The van der Waals surface area contributed by atoms with Crippen molar-refractivity contribution in [3.63, 3.8) is 0 Å². The van der Waals surface area contributed by atoms with Gasteiger partial charge in [-0.05, 0) is 18.6 Å². The summed E-state index contributed by atoms with van der Waals surface area (Å²) in [6.45, 7) is 1.66. The van der Waals surface area contributed by atoms with Crippen molar-refractivity contribution in [1.82, 2.24) is 5.32 Å². The van der Waals surface area contributed by atoms with E-state index in [1.807, 2.05) is 0 Å². The molecule has 2 N–H and O–H groups in total. The van der Waals surface area contributed by atoms with Gasteiger partial charge in [0.15, 0.2) is 0 Å². The predicted molar refractivity (Wildman–Crippen MR) is 63.2 cm³/mol. The van der Waals surface area contributed by atoms with Crippen LogP contribution in [0.2, 0.25) is 0 Å². The minimum absolute atomic E-state index is 0.00347. The maximum Gasteiger partial charge on any atom is 0.417 e. The van der Waals surface area contributed by atoms with Gasteiger partial charge in [-0.15, -0.1) is 0 Å². The van der Waals surface area contributed by atoms with Gasteiger partial charge in [0.05, 0.1) is 11.5 Å². The Balaban J connectivity index is 2.52. The number of benzene rings is 1. The maximum atomic E-state index is 12.9. The van der Waals surface area contributed by atoms with Gasteiger partial charge in [0.1, 0.15) is 0 Å². The van der Waals surface area contributed by atoms with Crippen LogP contribution >= 0.6 is 0 Å². The van der Waals surface area contributed by atoms with E-state index in [1.165, 1.54) is 18.2 Å². The highest BCUT2D eigenvalue weighted by molar-refractivity contribution is 5.82. The fourth-order valence-electron chi connectivity index (χ4n) is 2.20. The average Bonchev–Trinajstić information content (AvgIpc) is 2.70. The standard InChI is InChI=1S/C13H12F3NO2/c1-7-9(12(18)19)6-17-11(7)8-4-2-3-5-10(8)13(14,15)16/h2-5,9,17H,6H2,1H3,(H,18,19). The first-order valence-corrected chi connectivity index (χ1v) is 5.66. The second-order valence-electron chi connectivity index (χ2n) is 4.37. The van der Waals surface area contributed by atoms with Crippen molar-refractivity contribution in [1.29, 1.82) is 0 Å². The SMILES string of the molecule is CC1=C(c2ccccc2C(F)(F)F)NCC1C(=O)O. The summed E-state index contributed by atoms with van der Waals surface area (Å²) in [6, 6.07) is 5.15. The second kappa shape index (κ2) is 4.60. The fourth-order valence-corrected chi connectivity index (χ4v) is 2.20. The smallest absolute Gasteiger partial charge is 0.417 e. The van der Waals surface area contributed by atoms with Gasteiger partial charge < -0.3 is 10.4 Å². The minimum atomic E-state index is -4.47. The summed E-state index contributed by atoms with van der Waals surface area (Å²) >= 11 is 0. The van der Waals surface area contributed by atoms with Crippen LogP contribution in [0.1, 0.15) is 18.1 Å². The third kappa shape index (κ3) is 2.43. The van der Waals surface area contributed by atoms with Gasteiger partial charge in [0.25, 0.3) is 0 Å². The molecule has 1 unspecified atom stereocenters. The van der Waals surface area contributed by atoms with E-state index >= 15 is 0 Å². The first-order valence-electron chi connectivity index (χ1n) is 5.66. The van der Waals surface area contributed by atoms with Gasteiger partial charge in [0.2, 0.25) is 0 Å². The highest BCUT2D eigenvalue weighted by Gasteiger charge is 2.36. The maximum absolute atomic E-state index is 12.9. The van der Waals surface area contributed by atoms with Crippen LogP contribution in [0, 0.1) is 5.92 Å². The molecule has 102 valence electrons. The molecule has 1 aromatic carbocycles. The molecule has 0 aliphatic carbocycles. The molecule has 0 bridgehead atoms. The number of nitrogens with one attached hydrogen (secondary N) is 1. The molecule has 0 aromatic heterocycles. The van der Waals surface area contributed by atoms with Crippen LogP contribution < -0.4 is 5.32 Å². The van der Waals surface area contributed by atoms with Crippen molar-refractivity contribution < 1.29 is 23.1 Å². The Morgan fingerprint density at radius 2 is 2.00 bits per heavy atom. The zero-order valence-corrected chi connectivity index (χ0v) is 10.1. The number of carboxylic acid groups (broad SMARTS) is 1. The molecule has 19 heavy (non-hydrogen) atoms. The van der Waals surface area contributed by atoms with Crippen molar-refractivity contribution in [3.05, 3.63) is 41.0 Å². The summed E-state index contributed by atoms with van der Waals surface area (Å²) in [6.07, 6.45) is -4.47. The highest BCUT2D eigenvalue weighted by Crippen LogP contribution is 2.37. The van der Waals surface area contributed by atoms with Crippen LogP contribution in [-0.2, 0) is 11.0 Å². The molecule has 1 atom stereocenters. The quantitative estimate of drug-likeness (QED) is 0.869. The van der Waals surface area contributed by atoms with Crippen LogP contribution in [-0.4, -0.2) is 17.6 Å². The molecule has 0 radical (unpaired) electrons. The normalized spacial score (nSPS) is 19.5. The molecule has 6 heteroatoms. The Bertz CT molecular complexity index is 549. The molecule has 3 nitrogen and oxygen atoms in total. The number of hydrogen-bond donors (Lipinski definition) is 2. The van der Waals surface area contributed by atoms with Crippen molar-refractivity contribution in [2.75, 3.05) is 6.54 Å². The van der Waals surface area contributed by atoms with E-state index < -0.39 is 23.6 Å². The van der Waals surface area contributed by atoms with Crippen molar-refractivity contribution in [3.8, 4) is 0 Å². The fraction of sp³-hybridized carbons (Fsp3) is 0.308. The van der Waals surface area contributed by atoms with E-state index in [1.54, 1.807) is 6.92 Å². The third-order valence-electron chi connectivity index (χ3n) is 3.20. The van der Waals surface area contributed by atoms with Gasteiger partial charge >= 0.3 is 12.1 Å². The lowest BCUT2D eigenvalue weighted by Gasteiger charge is -2.14. The van der Waals surface area contributed by atoms with E-state index in [2.05, 4.69) is 5.32 Å². The topological polar surface area (TPSA) is 49.3 Å². The van der Waals surface area contributed by atoms with E-state index in [-0.39, 0.29) is 17.8 Å². The zero-order valence-electron chi connectivity index (χ0n) is 10.1. The van der Waals surface area contributed by atoms with Gasteiger partial charge in [-0.25, -0.2) is 0 Å². The van der Waals surface area contributed by atoms with Crippen LogP contribution in [0.15, 0.2) is 29.8 Å². The number of carboxylic acids is 1. The zero-order chi connectivity index (χ0) is 14.2. The Hall–Kier alpha value is -1.98. The van der Waals surface area contributed by atoms with Crippen LogP contribution in [0.25, 0.3) is 5.70 Å². The van der Waals surface area contributed by atoms with E-state index in [9.17, 15) is 18.0 Å². The lowest BCUT2D eigenvalue weighted by Crippen LogP contribution is -2.20. The van der Waals surface area contributed by atoms with Crippen molar-refractivity contribution >= 4 is 11.7 Å². The number of carbonyl (C=O) groups is 1. The molecule has 1 aliphatic heterocycles. The van der Waals surface area contributed by atoms with Crippen LogP contribution in [0.5, 0.6) is 0 Å². The number of hydrogen-bond acceptors (Lipinski definition) is 2. The summed E-state index contributed by atoms with van der Waals surface area (Å²) in [4.78, 5) is 11.0. The molecule has 1 heterocycles. The molecular formula is C13H12F3NO2. The molecule has 0 amide bonds. The molecule has 1 aliphatic rings. The third-order valence-corrected chi connectivity index (χ3v) is 3.20. The lowest BCUT2D eigenvalue weighted by molar-refractivity contribution is -0.140. The Morgan fingerprint density at radius 1 is 1.37 bits per heavy atom. The summed E-state index contributed by atoms with van der Waals surface area (Å²) in [7, 11) is 0. The Morgan fingerprint density at radius 3 is 2.53 bits per heavy atom. The van der Waals surface area contributed by atoms with Gasteiger partial charge in [-0.3, -0.25) is 4.79 Å². The lowest BCUT2D eigenvalue weighted by atomic mass is 9.97. The van der Waals surface area contributed by atoms with Crippen LogP contribution in [0.4, 0.5) is 13.2 Å². The molecule has 0 saturated heterocycles. The number of halogens is 3. The number of aliphatic carboxylic acids is 1. The van der Waals surface area contributed by atoms with E-state index in [0.29, 0.717) is 5.57 Å². The monoisotopic (exact) mass is 271 g/mol. The Labute approximate surface area is 107 Å². The first-order chi connectivity index (χ1) is 8.82. The van der Waals surface area contributed by atoms with Gasteiger partial charge in [-0.1, -0.05) is 18.2 Å². The molecular weight excluding hydrogens is 259 g/mol. The van der Waals surface area contributed by atoms with Gasteiger partial charge in [0, 0.05) is 17.8 Å². The highest BCUT2D eigenvalue weighted by atomic mass is 19.4. The summed E-state index contributed by atoms with van der Waals surface area (Å²) < 4.78 is 38.8. The first kappa shape index (κ1) is 13.5. The van der Waals surface area contributed by atoms with Crippen molar-refractivity contribution in [2.24, 2.45) is 5.92 Å². The van der Waals surface area contributed by atoms with Gasteiger partial charge in [-0.2, -0.15) is 13.2 Å². The summed E-state index contributed by atoms with van der Waals surface area (Å²) in [5.74, 6) is -1.82. The van der Waals surface area contributed by atoms with Crippen LogP contribution in [0.3, 0.4) is 0 Å². The average molecular weight is 271 g/mol. The molecule has 1 aromatic rings. The predicted octanol–water partition coefficient (Wildman–Crippen LogP) is 2.74. The van der Waals surface area contributed by atoms with Crippen molar-refractivity contribution in [2.45, 2.75) is 13.1 Å². The molecule has 0 fully saturated rings. The molecule has 0 saturated carbocycles.